The minimum absolute atomic E-state index is 0.248. The number of aromatic nitrogens is 2. The van der Waals surface area contributed by atoms with E-state index in [1.165, 1.54) is 19.2 Å². The summed E-state index contributed by atoms with van der Waals surface area (Å²) in [5, 5.41) is 0. The van der Waals surface area contributed by atoms with Gasteiger partial charge < -0.3 is 9.30 Å². The van der Waals surface area contributed by atoms with Crippen molar-refractivity contribution < 1.29 is 13.9 Å². The summed E-state index contributed by atoms with van der Waals surface area (Å²) in [6, 6.07) is 13.7. The normalized spacial score (nSPS) is 10.6. The molecule has 0 atom stereocenters. The van der Waals surface area contributed by atoms with Gasteiger partial charge in [0.1, 0.15) is 11.6 Å². The first-order valence-electron chi connectivity index (χ1n) is 7.57. The van der Waals surface area contributed by atoms with Crippen LogP contribution in [0.3, 0.4) is 0 Å². The van der Waals surface area contributed by atoms with Gasteiger partial charge in [-0.25, -0.2) is 14.2 Å². The number of methoxy groups -OCH3 is 1. The summed E-state index contributed by atoms with van der Waals surface area (Å²) < 4.78 is 19.8. The van der Waals surface area contributed by atoms with Gasteiger partial charge in [0.05, 0.1) is 12.7 Å². The number of carbonyl (C=O) groups is 1. The molecule has 0 unspecified atom stereocenters. The lowest BCUT2D eigenvalue weighted by molar-refractivity contribution is 0.0600. The van der Waals surface area contributed by atoms with Crippen LogP contribution in [-0.4, -0.2) is 22.6 Å². The molecule has 0 bridgehead atoms. The van der Waals surface area contributed by atoms with Crippen molar-refractivity contribution in [1.82, 2.24) is 9.55 Å². The molecule has 4 nitrogen and oxygen atoms in total. The molecule has 0 aliphatic rings. The Hall–Kier alpha value is -2.95. The molecule has 0 saturated carbocycles. The minimum atomic E-state index is -0.353. The number of esters is 1. The second kappa shape index (κ2) is 7.08. The topological polar surface area (TPSA) is 44.1 Å². The highest BCUT2D eigenvalue weighted by Crippen LogP contribution is 2.13. The van der Waals surface area contributed by atoms with E-state index in [1.54, 1.807) is 24.4 Å². The predicted molar refractivity (Wildman–Crippen MR) is 88.3 cm³/mol. The number of benzene rings is 2. The minimum Gasteiger partial charge on any atom is -0.465 e. The number of halogens is 1. The summed E-state index contributed by atoms with van der Waals surface area (Å²) in [7, 11) is 1.37. The molecule has 24 heavy (non-hydrogen) atoms. The summed E-state index contributed by atoms with van der Waals surface area (Å²) in [6.07, 6.45) is 4.25. The number of carbonyl (C=O) groups excluding carboxylic acids is 1. The van der Waals surface area contributed by atoms with Crippen LogP contribution in [0.4, 0.5) is 4.39 Å². The molecular weight excluding hydrogens is 307 g/mol. The Morgan fingerprint density at radius 1 is 1.17 bits per heavy atom. The van der Waals surface area contributed by atoms with Gasteiger partial charge in [-0.2, -0.15) is 0 Å². The Kier molecular flexibility index (Phi) is 4.70. The van der Waals surface area contributed by atoms with E-state index in [-0.39, 0.29) is 11.8 Å². The molecule has 0 saturated heterocycles. The van der Waals surface area contributed by atoms with Crippen LogP contribution in [0.1, 0.15) is 27.3 Å². The molecule has 2 aromatic carbocycles. The summed E-state index contributed by atoms with van der Waals surface area (Å²) in [4.78, 5) is 16.0. The summed E-state index contributed by atoms with van der Waals surface area (Å²) >= 11 is 0. The van der Waals surface area contributed by atoms with Crippen LogP contribution in [0, 0.1) is 5.82 Å². The highest BCUT2D eigenvalue weighted by Gasteiger charge is 2.08. The van der Waals surface area contributed by atoms with Crippen LogP contribution in [0.5, 0.6) is 0 Å². The van der Waals surface area contributed by atoms with Gasteiger partial charge in [0.2, 0.25) is 0 Å². The monoisotopic (exact) mass is 324 g/mol. The van der Waals surface area contributed by atoms with Crippen molar-refractivity contribution in [1.29, 1.82) is 0 Å². The van der Waals surface area contributed by atoms with Crippen molar-refractivity contribution in [2.24, 2.45) is 0 Å². The smallest absolute Gasteiger partial charge is 0.337 e. The Morgan fingerprint density at radius 2 is 1.96 bits per heavy atom. The molecule has 122 valence electrons. The molecule has 5 heteroatoms. The fourth-order valence-corrected chi connectivity index (χ4v) is 2.55. The lowest BCUT2D eigenvalue weighted by Gasteiger charge is -2.09. The molecule has 1 aromatic heterocycles. The van der Waals surface area contributed by atoms with Gasteiger partial charge in [0.15, 0.2) is 0 Å². The van der Waals surface area contributed by atoms with E-state index in [1.807, 2.05) is 29.0 Å². The van der Waals surface area contributed by atoms with Gasteiger partial charge in [-0.3, -0.25) is 0 Å². The third-order valence-corrected chi connectivity index (χ3v) is 3.78. The lowest BCUT2D eigenvalue weighted by Crippen LogP contribution is -2.07. The fraction of sp³-hybridized carbons (Fsp3) is 0.158. The zero-order chi connectivity index (χ0) is 16.9. The predicted octanol–water partition coefficient (Wildman–Crippen LogP) is 3.45. The van der Waals surface area contributed by atoms with E-state index in [0.29, 0.717) is 18.5 Å². The van der Waals surface area contributed by atoms with E-state index >= 15 is 0 Å². The number of ether oxygens (including phenoxy) is 1. The van der Waals surface area contributed by atoms with Crippen LogP contribution in [0.25, 0.3) is 0 Å². The van der Waals surface area contributed by atoms with Gasteiger partial charge in [-0.1, -0.05) is 24.3 Å². The van der Waals surface area contributed by atoms with E-state index in [9.17, 15) is 9.18 Å². The maximum absolute atomic E-state index is 13.0. The molecule has 0 radical (unpaired) electrons. The molecule has 3 rings (SSSR count). The third kappa shape index (κ3) is 3.68. The Labute approximate surface area is 139 Å². The van der Waals surface area contributed by atoms with Crippen LogP contribution in [-0.2, 0) is 17.7 Å². The molecule has 0 N–H and O–H groups in total. The first-order chi connectivity index (χ1) is 11.7. The second-order valence-corrected chi connectivity index (χ2v) is 5.47. The molecular formula is C19H17FN2O2. The first kappa shape index (κ1) is 15.9. The van der Waals surface area contributed by atoms with Gasteiger partial charge in [-0.15, -0.1) is 0 Å². The Morgan fingerprint density at radius 3 is 2.71 bits per heavy atom. The van der Waals surface area contributed by atoms with E-state index in [2.05, 4.69) is 4.98 Å². The van der Waals surface area contributed by atoms with Gasteiger partial charge in [0, 0.05) is 25.4 Å². The fourth-order valence-electron chi connectivity index (χ4n) is 2.55. The maximum Gasteiger partial charge on any atom is 0.337 e. The third-order valence-electron chi connectivity index (χ3n) is 3.78. The number of imidazole rings is 1. The standard InChI is InChI=1S/C19H17FN2O2/c1-24-19(23)16-4-2-3-15(11-16)13-22-10-9-21-18(22)12-14-5-7-17(20)8-6-14/h2-11H,12-13H2,1H3. The molecule has 0 aliphatic heterocycles. The van der Waals surface area contributed by atoms with Crippen molar-refractivity contribution in [3.63, 3.8) is 0 Å². The quantitative estimate of drug-likeness (QED) is 0.675. The number of hydrogen-bond acceptors (Lipinski definition) is 3. The second-order valence-electron chi connectivity index (χ2n) is 5.47. The van der Waals surface area contributed by atoms with E-state index in [4.69, 9.17) is 4.74 Å². The van der Waals surface area contributed by atoms with Crippen molar-refractivity contribution >= 4 is 5.97 Å². The average molecular weight is 324 g/mol. The molecule has 0 fully saturated rings. The summed E-state index contributed by atoms with van der Waals surface area (Å²) in [5.74, 6) is 0.279. The highest BCUT2D eigenvalue weighted by molar-refractivity contribution is 5.89. The van der Waals surface area contributed by atoms with Gasteiger partial charge in [-0.05, 0) is 35.4 Å². The van der Waals surface area contributed by atoms with Crippen LogP contribution < -0.4 is 0 Å². The van der Waals surface area contributed by atoms with Crippen LogP contribution >= 0.6 is 0 Å². The largest absolute Gasteiger partial charge is 0.465 e. The zero-order valence-corrected chi connectivity index (χ0v) is 13.3. The Balaban J connectivity index is 1.78. The molecule has 3 aromatic rings. The van der Waals surface area contributed by atoms with Crippen LogP contribution in [0.2, 0.25) is 0 Å². The highest BCUT2D eigenvalue weighted by atomic mass is 19.1. The molecule has 1 heterocycles. The SMILES string of the molecule is COC(=O)c1cccc(Cn2ccnc2Cc2ccc(F)cc2)c1. The Bertz CT molecular complexity index is 841. The molecule has 0 spiro atoms. The van der Waals surface area contributed by atoms with Crippen molar-refractivity contribution in [2.45, 2.75) is 13.0 Å². The zero-order valence-electron chi connectivity index (χ0n) is 13.3. The maximum atomic E-state index is 13.0. The van der Waals surface area contributed by atoms with Crippen molar-refractivity contribution in [3.8, 4) is 0 Å². The van der Waals surface area contributed by atoms with Crippen LogP contribution in [0.15, 0.2) is 60.9 Å². The lowest BCUT2D eigenvalue weighted by atomic mass is 10.1. The van der Waals surface area contributed by atoms with E-state index < -0.39 is 0 Å². The summed E-state index contributed by atoms with van der Waals surface area (Å²) in [6.45, 7) is 0.599. The number of rotatable bonds is 5. The molecule has 0 amide bonds. The average Bonchev–Trinajstić information content (AvgIpc) is 3.03. The first-order valence-corrected chi connectivity index (χ1v) is 7.57. The van der Waals surface area contributed by atoms with Gasteiger partial charge >= 0.3 is 5.97 Å². The molecule has 0 aliphatic carbocycles. The van der Waals surface area contributed by atoms with Crippen molar-refractivity contribution in [3.05, 3.63) is 89.3 Å². The number of hydrogen-bond donors (Lipinski definition) is 0. The van der Waals surface area contributed by atoms with Gasteiger partial charge in [0.25, 0.3) is 0 Å². The van der Waals surface area contributed by atoms with Crippen molar-refractivity contribution in [2.75, 3.05) is 7.11 Å². The van der Waals surface area contributed by atoms with E-state index in [0.717, 1.165) is 17.0 Å². The number of nitrogens with zero attached hydrogens (tertiary/aromatic N) is 2. The summed E-state index contributed by atoms with van der Waals surface area (Å²) in [5.41, 5.74) is 2.50.